The summed E-state index contributed by atoms with van der Waals surface area (Å²) in [5, 5.41) is 8.21. The molecule has 2 heterocycles. The van der Waals surface area contributed by atoms with Gasteiger partial charge in [0.1, 0.15) is 0 Å². The van der Waals surface area contributed by atoms with Gasteiger partial charge in [0.15, 0.2) is 0 Å². The number of hydrogen-bond acceptors (Lipinski definition) is 3. The lowest BCUT2D eigenvalue weighted by molar-refractivity contribution is 0.474. The van der Waals surface area contributed by atoms with E-state index in [0.717, 1.165) is 45.5 Å². The molecule has 0 radical (unpaired) electrons. The van der Waals surface area contributed by atoms with Gasteiger partial charge in [-0.3, -0.25) is 5.10 Å². The number of anilines is 1. The van der Waals surface area contributed by atoms with E-state index in [1.165, 1.54) is 0 Å². The Morgan fingerprint density at radius 3 is 2.92 bits per heavy atom. The summed E-state index contributed by atoms with van der Waals surface area (Å²) < 4.78 is 0. The standard InChI is InChI=1S/C20H18N4/c1-14-5-6-18(16-7-8-17-11-22-23-20(17)10-16)13-24(14)12-15-3-2-4-19(21)9-15/h2-11,13H,1,12,21H2,(H,22,23). The quantitative estimate of drug-likeness (QED) is 0.716. The largest absolute Gasteiger partial charge is 0.399 e. The molecule has 4 nitrogen and oxygen atoms in total. The molecule has 2 aromatic carbocycles. The van der Waals surface area contributed by atoms with Gasteiger partial charge < -0.3 is 10.6 Å². The molecule has 0 atom stereocenters. The van der Waals surface area contributed by atoms with E-state index >= 15 is 0 Å². The van der Waals surface area contributed by atoms with Crippen LogP contribution in [-0.2, 0) is 6.54 Å². The Labute approximate surface area is 140 Å². The van der Waals surface area contributed by atoms with Crippen molar-refractivity contribution in [3.8, 4) is 0 Å². The highest BCUT2D eigenvalue weighted by Gasteiger charge is 2.12. The number of benzene rings is 2. The summed E-state index contributed by atoms with van der Waals surface area (Å²) in [5.41, 5.74) is 12.1. The van der Waals surface area contributed by atoms with Gasteiger partial charge >= 0.3 is 0 Å². The van der Waals surface area contributed by atoms with Crippen molar-refractivity contribution in [1.82, 2.24) is 15.1 Å². The maximum Gasteiger partial charge on any atom is 0.0656 e. The fourth-order valence-corrected chi connectivity index (χ4v) is 2.90. The number of aromatic amines is 1. The molecular weight excluding hydrogens is 296 g/mol. The number of nitrogens with two attached hydrogens (primary N) is 1. The molecule has 0 fully saturated rings. The number of nitrogen functional groups attached to an aromatic ring is 1. The molecule has 0 unspecified atom stereocenters. The normalized spacial score (nSPS) is 14.2. The molecule has 4 heteroatoms. The predicted molar refractivity (Wildman–Crippen MR) is 98.7 cm³/mol. The van der Waals surface area contributed by atoms with E-state index in [1.807, 2.05) is 30.5 Å². The van der Waals surface area contributed by atoms with Gasteiger partial charge in [0, 0.05) is 29.5 Å². The fraction of sp³-hybridized carbons (Fsp3) is 0.0500. The van der Waals surface area contributed by atoms with Crippen LogP contribution in [0.1, 0.15) is 11.1 Å². The summed E-state index contributed by atoms with van der Waals surface area (Å²) in [7, 11) is 0. The second-order valence-corrected chi connectivity index (χ2v) is 5.95. The van der Waals surface area contributed by atoms with Crippen LogP contribution in [-0.4, -0.2) is 15.1 Å². The van der Waals surface area contributed by atoms with Crippen LogP contribution in [0, 0.1) is 0 Å². The lowest BCUT2D eigenvalue weighted by Crippen LogP contribution is -2.17. The highest BCUT2D eigenvalue weighted by molar-refractivity contribution is 5.85. The van der Waals surface area contributed by atoms with Crippen molar-refractivity contribution in [2.45, 2.75) is 6.54 Å². The van der Waals surface area contributed by atoms with Crippen LogP contribution in [0.25, 0.3) is 16.5 Å². The summed E-state index contributed by atoms with van der Waals surface area (Å²) in [5.74, 6) is 0. The topological polar surface area (TPSA) is 57.9 Å². The van der Waals surface area contributed by atoms with Crippen LogP contribution in [0.5, 0.6) is 0 Å². The molecular formula is C20H18N4. The summed E-state index contributed by atoms with van der Waals surface area (Å²) in [6.07, 6.45) is 8.09. The van der Waals surface area contributed by atoms with Crippen molar-refractivity contribution in [2.75, 3.05) is 5.73 Å². The van der Waals surface area contributed by atoms with E-state index in [4.69, 9.17) is 5.73 Å². The molecule has 0 spiro atoms. The van der Waals surface area contributed by atoms with Crippen molar-refractivity contribution in [1.29, 1.82) is 0 Å². The number of H-pyrrole nitrogens is 1. The number of nitrogens with zero attached hydrogens (tertiary/aromatic N) is 2. The van der Waals surface area contributed by atoms with Gasteiger partial charge in [-0.25, -0.2) is 0 Å². The first-order valence-electron chi connectivity index (χ1n) is 7.82. The Kier molecular flexibility index (Phi) is 3.43. The minimum absolute atomic E-state index is 0.740. The van der Waals surface area contributed by atoms with Gasteiger partial charge in [-0.2, -0.15) is 5.10 Å². The van der Waals surface area contributed by atoms with Crippen LogP contribution in [0.2, 0.25) is 0 Å². The monoisotopic (exact) mass is 314 g/mol. The summed E-state index contributed by atoms with van der Waals surface area (Å²) in [6, 6.07) is 14.3. The first kappa shape index (κ1) is 14.3. The number of fused-ring (bicyclic) bond motifs is 1. The zero-order valence-electron chi connectivity index (χ0n) is 13.2. The van der Waals surface area contributed by atoms with E-state index in [-0.39, 0.29) is 0 Å². The van der Waals surface area contributed by atoms with Crippen LogP contribution >= 0.6 is 0 Å². The van der Waals surface area contributed by atoms with E-state index in [1.54, 1.807) is 0 Å². The third kappa shape index (κ3) is 2.70. The van der Waals surface area contributed by atoms with Gasteiger partial charge in [-0.1, -0.05) is 36.9 Å². The van der Waals surface area contributed by atoms with Gasteiger partial charge in [-0.05, 0) is 41.0 Å². The average Bonchev–Trinajstić information content (AvgIpc) is 3.04. The third-order valence-electron chi connectivity index (χ3n) is 4.20. The Morgan fingerprint density at radius 2 is 2.04 bits per heavy atom. The zero-order valence-corrected chi connectivity index (χ0v) is 13.2. The molecule has 0 aliphatic carbocycles. The Bertz CT molecular complexity index is 978. The van der Waals surface area contributed by atoms with E-state index in [9.17, 15) is 0 Å². The number of aromatic nitrogens is 2. The lowest BCUT2D eigenvalue weighted by Gasteiger charge is -2.25. The summed E-state index contributed by atoms with van der Waals surface area (Å²) >= 11 is 0. The number of allylic oxidation sites excluding steroid dienone is 3. The number of hydrogen-bond donors (Lipinski definition) is 2. The number of nitrogens with one attached hydrogen (secondary N) is 1. The molecule has 1 aliphatic rings. The minimum atomic E-state index is 0.740. The highest BCUT2D eigenvalue weighted by atomic mass is 15.1. The first-order valence-corrected chi connectivity index (χ1v) is 7.82. The van der Waals surface area contributed by atoms with Crippen LogP contribution < -0.4 is 5.73 Å². The van der Waals surface area contributed by atoms with Crippen molar-refractivity contribution < 1.29 is 0 Å². The second kappa shape index (κ2) is 5.74. The van der Waals surface area contributed by atoms with Crippen LogP contribution in [0.15, 0.2) is 79.3 Å². The van der Waals surface area contributed by atoms with Crippen LogP contribution in [0.4, 0.5) is 5.69 Å². The molecule has 24 heavy (non-hydrogen) atoms. The van der Waals surface area contributed by atoms with Crippen LogP contribution in [0.3, 0.4) is 0 Å². The molecule has 0 saturated heterocycles. The lowest BCUT2D eigenvalue weighted by atomic mass is 10.0. The van der Waals surface area contributed by atoms with Gasteiger partial charge in [0.05, 0.1) is 11.7 Å². The average molecular weight is 314 g/mol. The Hall–Kier alpha value is -3.27. The highest BCUT2D eigenvalue weighted by Crippen LogP contribution is 2.27. The molecule has 4 rings (SSSR count). The fourth-order valence-electron chi connectivity index (χ4n) is 2.90. The van der Waals surface area contributed by atoms with Crippen molar-refractivity contribution in [3.63, 3.8) is 0 Å². The Balaban J connectivity index is 1.65. The van der Waals surface area contributed by atoms with Crippen molar-refractivity contribution >= 4 is 22.2 Å². The SMILES string of the molecule is C=C1C=CC(c2ccc3cn[nH]c3c2)=CN1Cc1cccc(N)c1. The van der Waals surface area contributed by atoms with E-state index in [2.05, 4.69) is 58.2 Å². The summed E-state index contributed by atoms with van der Waals surface area (Å²) in [6.45, 7) is 4.87. The predicted octanol–water partition coefficient (Wildman–Crippen LogP) is 4.07. The first-order chi connectivity index (χ1) is 11.7. The second-order valence-electron chi connectivity index (χ2n) is 5.95. The maximum atomic E-state index is 5.88. The van der Waals surface area contributed by atoms with Gasteiger partial charge in [0.25, 0.3) is 0 Å². The molecule has 1 aliphatic heterocycles. The Morgan fingerprint density at radius 1 is 1.12 bits per heavy atom. The number of rotatable bonds is 3. The maximum absolute atomic E-state index is 5.88. The molecule has 1 aromatic heterocycles. The van der Waals surface area contributed by atoms with Gasteiger partial charge in [0.2, 0.25) is 0 Å². The van der Waals surface area contributed by atoms with E-state index in [0.29, 0.717) is 0 Å². The van der Waals surface area contributed by atoms with Crippen molar-refractivity contribution in [2.24, 2.45) is 0 Å². The minimum Gasteiger partial charge on any atom is -0.399 e. The molecule has 118 valence electrons. The molecule has 3 aromatic rings. The molecule has 3 N–H and O–H groups in total. The van der Waals surface area contributed by atoms with E-state index < -0.39 is 0 Å². The summed E-state index contributed by atoms with van der Waals surface area (Å²) in [4.78, 5) is 2.14. The smallest absolute Gasteiger partial charge is 0.0656 e. The zero-order chi connectivity index (χ0) is 16.5. The molecule has 0 bridgehead atoms. The molecule has 0 saturated carbocycles. The third-order valence-corrected chi connectivity index (χ3v) is 4.20. The van der Waals surface area contributed by atoms with Crippen molar-refractivity contribution in [3.05, 3.63) is 90.4 Å². The molecule has 0 amide bonds. The van der Waals surface area contributed by atoms with Gasteiger partial charge in [-0.15, -0.1) is 0 Å².